The molecule has 0 spiro atoms. The van der Waals surface area contributed by atoms with Crippen molar-refractivity contribution in [1.29, 1.82) is 0 Å². The number of hydrazine groups is 1. The van der Waals surface area contributed by atoms with Crippen LogP contribution in [0.1, 0.15) is 20.3 Å². The smallest absolute Gasteiger partial charge is 0.310 e. The van der Waals surface area contributed by atoms with Crippen molar-refractivity contribution in [3.05, 3.63) is 0 Å². The minimum atomic E-state index is -1.48. The lowest BCUT2D eigenvalue weighted by molar-refractivity contribution is -0.153. The Morgan fingerprint density at radius 1 is 1.71 bits per heavy atom. The van der Waals surface area contributed by atoms with Crippen molar-refractivity contribution in [2.45, 2.75) is 26.0 Å². The lowest BCUT2D eigenvalue weighted by Crippen LogP contribution is -2.51. The number of hydrogen-bond acceptors (Lipinski definition) is 5. The molecular weight excluding hydrogens is 188 g/mol. The summed E-state index contributed by atoms with van der Waals surface area (Å²) >= 11 is 0. The van der Waals surface area contributed by atoms with Crippen LogP contribution in [-0.4, -0.2) is 41.9 Å². The van der Waals surface area contributed by atoms with Gasteiger partial charge in [-0.05, 0) is 13.8 Å². The molecule has 6 nitrogen and oxygen atoms in total. The van der Waals surface area contributed by atoms with Crippen LogP contribution in [-0.2, 0) is 14.3 Å². The van der Waals surface area contributed by atoms with Crippen molar-refractivity contribution < 1.29 is 19.4 Å². The van der Waals surface area contributed by atoms with Crippen molar-refractivity contribution in [3.8, 4) is 0 Å². The highest BCUT2D eigenvalue weighted by Gasteiger charge is 2.25. The van der Waals surface area contributed by atoms with Crippen molar-refractivity contribution in [1.82, 2.24) is 10.4 Å². The molecular formula is C8H16N2O4. The van der Waals surface area contributed by atoms with Gasteiger partial charge in [0.05, 0.1) is 13.0 Å². The molecule has 0 heterocycles. The third-order valence-electron chi connectivity index (χ3n) is 1.37. The topological polar surface area (TPSA) is 78.9 Å². The highest BCUT2D eigenvalue weighted by atomic mass is 16.5. The molecule has 0 aliphatic heterocycles. The Morgan fingerprint density at radius 3 is 2.71 bits per heavy atom. The summed E-state index contributed by atoms with van der Waals surface area (Å²) in [6, 6.07) is 0. The van der Waals surface area contributed by atoms with Gasteiger partial charge in [0.15, 0.2) is 0 Å². The van der Waals surface area contributed by atoms with E-state index in [1.807, 2.05) is 0 Å². The van der Waals surface area contributed by atoms with Crippen molar-refractivity contribution in [3.63, 3.8) is 0 Å². The monoisotopic (exact) mass is 204 g/mol. The summed E-state index contributed by atoms with van der Waals surface area (Å²) in [5.74, 6) is -0.524. The number of carbonyl (C=O) groups is 2. The van der Waals surface area contributed by atoms with Gasteiger partial charge in [-0.25, -0.2) is 5.43 Å². The summed E-state index contributed by atoms with van der Waals surface area (Å²) < 4.78 is 4.65. The fourth-order valence-corrected chi connectivity index (χ4v) is 0.939. The van der Waals surface area contributed by atoms with E-state index in [0.29, 0.717) is 6.41 Å². The van der Waals surface area contributed by atoms with E-state index in [4.69, 9.17) is 0 Å². The Kier molecular flexibility index (Phi) is 5.11. The van der Waals surface area contributed by atoms with Gasteiger partial charge < -0.3 is 9.84 Å². The highest BCUT2D eigenvalue weighted by molar-refractivity contribution is 5.70. The van der Waals surface area contributed by atoms with E-state index in [2.05, 4.69) is 10.2 Å². The van der Waals surface area contributed by atoms with Gasteiger partial charge in [0, 0.05) is 7.05 Å². The maximum Gasteiger partial charge on any atom is 0.310 e. The minimum Gasteiger partial charge on any atom is -0.466 e. The molecule has 82 valence electrons. The average Bonchev–Trinajstić information content (AvgIpc) is 2.02. The maximum atomic E-state index is 11.0. The van der Waals surface area contributed by atoms with Gasteiger partial charge in [0.25, 0.3) is 0 Å². The molecule has 0 aromatic rings. The van der Waals surface area contributed by atoms with Gasteiger partial charge in [-0.2, -0.15) is 0 Å². The summed E-state index contributed by atoms with van der Waals surface area (Å²) in [6.07, 6.45) is 0.263. The zero-order valence-corrected chi connectivity index (χ0v) is 8.61. The summed E-state index contributed by atoms with van der Waals surface area (Å²) in [6.45, 7) is 3.32. The number of nitrogens with zero attached hydrogens (tertiary/aromatic N) is 1. The van der Waals surface area contributed by atoms with Crippen LogP contribution in [0.3, 0.4) is 0 Å². The molecule has 2 N–H and O–H groups in total. The van der Waals surface area contributed by atoms with Gasteiger partial charge in [-0.15, -0.1) is 0 Å². The van der Waals surface area contributed by atoms with E-state index in [-0.39, 0.29) is 13.0 Å². The number of rotatable bonds is 6. The van der Waals surface area contributed by atoms with E-state index in [9.17, 15) is 14.7 Å². The highest BCUT2D eigenvalue weighted by Crippen LogP contribution is 2.06. The van der Waals surface area contributed by atoms with Crippen LogP contribution >= 0.6 is 0 Å². The van der Waals surface area contributed by atoms with Crippen LogP contribution in [0, 0.1) is 0 Å². The molecule has 6 heteroatoms. The number of ether oxygens (including phenoxy) is 1. The molecule has 0 radical (unpaired) electrons. The number of aliphatic hydroxyl groups is 1. The first-order valence-corrected chi connectivity index (χ1v) is 4.25. The molecule has 1 amide bonds. The molecule has 0 aliphatic carbocycles. The molecule has 0 aromatic heterocycles. The van der Waals surface area contributed by atoms with Crippen molar-refractivity contribution in [2.24, 2.45) is 0 Å². The molecule has 0 fully saturated rings. The third kappa shape index (κ3) is 5.50. The molecule has 0 aliphatic rings. The number of esters is 1. The van der Waals surface area contributed by atoms with Crippen LogP contribution < -0.4 is 5.43 Å². The second kappa shape index (κ2) is 5.56. The zero-order valence-electron chi connectivity index (χ0n) is 8.61. The van der Waals surface area contributed by atoms with Gasteiger partial charge in [-0.1, -0.05) is 0 Å². The predicted octanol–water partition coefficient (Wildman–Crippen LogP) is -0.759. The SMILES string of the molecule is CCOC(=O)CC(C)(O)NN(C)C=O. The first kappa shape index (κ1) is 12.9. The van der Waals surface area contributed by atoms with Crippen LogP contribution in [0.25, 0.3) is 0 Å². The van der Waals surface area contributed by atoms with Crippen LogP contribution in [0.5, 0.6) is 0 Å². The predicted molar refractivity (Wildman–Crippen MR) is 48.8 cm³/mol. The van der Waals surface area contributed by atoms with Crippen LogP contribution in [0.15, 0.2) is 0 Å². The van der Waals surface area contributed by atoms with Crippen LogP contribution in [0.2, 0.25) is 0 Å². The van der Waals surface area contributed by atoms with E-state index in [1.54, 1.807) is 6.92 Å². The molecule has 1 unspecified atom stereocenters. The number of amides is 1. The zero-order chi connectivity index (χ0) is 11.2. The standard InChI is InChI=1S/C8H16N2O4/c1-4-14-7(12)5-8(2,13)9-10(3)6-11/h6,9,13H,4-5H2,1-3H3. The lowest BCUT2D eigenvalue weighted by Gasteiger charge is -2.27. The average molecular weight is 204 g/mol. The van der Waals surface area contributed by atoms with Gasteiger partial charge >= 0.3 is 5.97 Å². The second-order valence-electron chi connectivity index (χ2n) is 3.08. The quantitative estimate of drug-likeness (QED) is 0.257. The number of nitrogens with one attached hydrogen (secondary N) is 1. The van der Waals surface area contributed by atoms with E-state index >= 15 is 0 Å². The van der Waals surface area contributed by atoms with Crippen molar-refractivity contribution in [2.75, 3.05) is 13.7 Å². The summed E-state index contributed by atoms with van der Waals surface area (Å²) in [4.78, 5) is 21.2. The second-order valence-corrected chi connectivity index (χ2v) is 3.08. The Bertz CT molecular complexity index is 206. The van der Waals surface area contributed by atoms with Gasteiger partial charge in [0.2, 0.25) is 6.41 Å². The summed E-state index contributed by atoms with van der Waals surface area (Å²) in [5, 5.41) is 10.6. The molecule has 0 saturated carbocycles. The Morgan fingerprint density at radius 2 is 2.29 bits per heavy atom. The Labute approximate surface area is 82.8 Å². The molecule has 0 saturated heterocycles. The van der Waals surface area contributed by atoms with Gasteiger partial charge in [0.1, 0.15) is 5.72 Å². The summed E-state index contributed by atoms with van der Waals surface area (Å²) in [5.41, 5.74) is 0.931. The summed E-state index contributed by atoms with van der Waals surface area (Å²) in [7, 11) is 1.42. The molecule has 0 rings (SSSR count). The first-order chi connectivity index (χ1) is 6.41. The molecule has 14 heavy (non-hydrogen) atoms. The Hall–Kier alpha value is -1.14. The van der Waals surface area contributed by atoms with Crippen LogP contribution in [0.4, 0.5) is 0 Å². The third-order valence-corrected chi connectivity index (χ3v) is 1.37. The largest absolute Gasteiger partial charge is 0.466 e. The number of carbonyl (C=O) groups excluding carboxylic acids is 2. The molecule has 1 atom stereocenters. The Balaban J connectivity index is 4.05. The fraction of sp³-hybridized carbons (Fsp3) is 0.750. The molecule has 0 aromatic carbocycles. The first-order valence-electron chi connectivity index (χ1n) is 4.25. The van der Waals surface area contributed by atoms with E-state index < -0.39 is 11.7 Å². The van der Waals surface area contributed by atoms with E-state index in [1.165, 1.54) is 14.0 Å². The van der Waals surface area contributed by atoms with E-state index in [0.717, 1.165) is 5.01 Å². The van der Waals surface area contributed by atoms with Gasteiger partial charge in [-0.3, -0.25) is 14.6 Å². The normalized spacial score (nSPS) is 14.3. The fourth-order valence-electron chi connectivity index (χ4n) is 0.939. The van der Waals surface area contributed by atoms with Crippen molar-refractivity contribution >= 4 is 12.4 Å². The lowest BCUT2D eigenvalue weighted by atomic mass is 10.2. The molecule has 0 bridgehead atoms. The minimum absolute atomic E-state index is 0.223. The maximum absolute atomic E-state index is 11.0. The number of hydrogen-bond donors (Lipinski definition) is 2.